The lowest BCUT2D eigenvalue weighted by Gasteiger charge is -2.21. The third-order valence-electron chi connectivity index (χ3n) is 6.70. The number of imidazole rings is 1. The van der Waals surface area contributed by atoms with E-state index in [2.05, 4.69) is 15.3 Å². The van der Waals surface area contributed by atoms with Gasteiger partial charge in [-0.1, -0.05) is 19.9 Å². The Kier molecular flexibility index (Phi) is 10.0. The smallest absolute Gasteiger partial charge is 0.310 e. The van der Waals surface area contributed by atoms with E-state index >= 15 is 0 Å². The summed E-state index contributed by atoms with van der Waals surface area (Å²) in [7, 11) is 3.23. The fourth-order valence-corrected chi connectivity index (χ4v) is 4.20. The minimum atomic E-state index is -0.415. The van der Waals surface area contributed by atoms with Gasteiger partial charge in [-0.15, -0.1) is 0 Å². The highest BCUT2D eigenvalue weighted by molar-refractivity contribution is 6.07. The van der Waals surface area contributed by atoms with Crippen molar-refractivity contribution in [1.82, 2.24) is 14.5 Å². The van der Waals surface area contributed by atoms with Crippen molar-refractivity contribution < 1.29 is 23.9 Å². The van der Waals surface area contributed by atoms with Crippen LogP contribution in [-0.4, -0.2) is 58.6 Å². The lowest BCUT2D eigenvalue weighted by molar-refractivity contribution is -0.147. The number of pyridine rings is 1. The maximum absolute atomic E-state index is 13.5. The van der Waals surface area contributed by atoms with Crippen molar-refractivity contribution in [3.63, 3.8) is 0 Å². The number of carbonyl (C=O) groups excluding carboxylic acids is 3. The van der Waals surface area contributed by atoms with Crippen LogP contribution in [0.1, 0.15) is 42.0 Å². The van der Waals surface area contributed by atoms with Crippen LogP contribution in [-0.2, 0) is 32.7 Å². The second-order valence-corrected chi connectivity index (χ2v) is 9.98. The van der Waals surface area contributed by atoms with Crippen molar-refractivity contribution in [2.24, 2.45) is 23.7 Å². The Morgan fingerprint density at radius 2 is 1.81 bits per heavy atom. The molecule has 4 aromatic rings. The topological polar surface area (TPSA) is 154 Å². The van der Waals surface area contributed by atoms with Gasteiger partial charge >= 0.3 is 11.9 Å². The van der Waals surface area contributed by atoms with Gasteiger partial charge in [0, 0.05) is 36.6 Å². The van der Waals surface area contributed by atoms with Crippen LogP contribution >= 0.6 is 0 Å². The quantitative estimate of drug-likeness (QED) is 0.144. The largest absolute Gasteiger partial charge is 0.469 e. The van der Waals surface area contributed by atoms with E-state index in [4.69, 9.17) is 20.2 Å². The number of fused-ring (bicyclic) bond motifs is 1. The lowest BCUT2D eigenvalue weighted by atomic mass is 10.1. The Labute approximate surface area is 249 Å². The molecule has 0 unspecified atom stereocenters. The number of amidine groups is 1. The molecule has 224 valence electrons. The van der Waals surface area contributed by atoms with Gasteiger partial charge in [0.15, 0.2) is 6.73 Å². The van der Waals surface area contributed by atoms with E-state index in [1.165, 1.54) is 12.0 Å². The molecule has 4 rings (SSSR count). The van der Waals surface area contributed by atoms with Crippen molar-refractivity contribution in [2.45, 2.75) is 26.8 Å². The Bertz CT molecular complexity index is 1620. The van der Waals surface area contributed by atoms with Crippen LogP contribution in [0.25, 0.3) is 11.0 Å². The number of rotatable bonds is 12. The molecule has 2 aromatic carbocycles. The number of methoxy groups -OCH3 is 1. The summed E-state index contributed by atoms with van der Waals surface area (Å²) in [4.78, 5) is 51.5. The number of nitrogens with zero attached hydrogens (tertiary/aromatic N) is 5. The summed E-state index contributed by atoms with van der Waals surface area (Å²) in [5, 5.41) is 3.35. The number of nitrogens with two attached hydrogens (primary N) is 1. The molecule has 0 saturated carbocycles. The third-order valence-corrected chi connectivity index (χ3v) is 6.70. The Balaban J connectivity index is 1.44. The number of esters is 2. The van der Waals surface area contributed by atoms with E-state index < -0.39 is 5.97 Å². The first kappa shape index (κ1) is 30.7. The molecule has 2 aromatic heterocycles. The van der Waals surface area contributed by atoms with Crippen LogP contribution < -0.4 is 16.0 Å². The minimum absolute atomic E-state index is 0.0363. The van der Waals surface area contributed by atoms with E-state index in [-0.39, 0.29) is 43.3 Å². The first-order valence-corrected chi connectivity index (χ1v) is 13.7. The highest BCUT2D eigenvalue weighted by Crippen LogP contribution is 2.21. The Hall–Kier alpha value is -5.26. The molecule has 0 radical (unpaired) electrons. The van der Waals surface area contributed by atoms with E-state index in [1.807, 2.05) is 41.9 Å². The van der Waals surface area contributed by atoms with Crippen LogP contribution in [0.3, 0.4) is 0 Å². The zero-order valence-electron chi connectivity index (χ0n) is 24.6. The van der Waals surface area contributed by atoms with Crippen molar-refractivity contribution in [1.29, 1.82) is 0 Å². The predicted molar refractivity (Wildman–Crippen MR) is 164 cm³/mol. The average Bonchev–Trinajstić information content (AvgIpc) is 3.34. The summed E-state index contributed by atoms with van der Waals surface area (Å²) in [5.74, 6) is 0.214. The predicted octanol–water partition coefficient (Wildman–Crippen LogP) is 3.65. The SMILES string of the molecule is COC(=O)CCN(C(=O)c1ccc2c(c1)nc(CNc1ccc(/C(N)=N/COC(=O)C(C)C)cc1)n2C)c1ccccn1. The number of aromatic nitrogens is 3. The number of aliphatic imine (C=N–C) groups is 1. The standard InChI is InChI=1S/C31H35N7O5/c1-20(2)31(41)43-19-35-29(32)21-8-11-23(12-9-21)34-18-27-36-24-17-22(10-13-25(24)37(27)3)30(40)38(16-14-28(39)42-4)26-7-5-6-15-33-26/h5-13,15,17,20,34H,14,16,18-19H2,1-4H3,(H2,32,35). The lowest BCUT2D eigenvalue weighted by Crippen LogP contribution is -2.33. The van der Waals surface area contributed by atoms with Gasteiger partial charge in [0.25, 0.3) is 5.91 Å². The van der Waals surface area contributed by atoms with Crippen LogP contribution in [0.15, 0.2) is 71.9 Å². The molecule has 2 heterocycles. The van der Waals surface area contributed by atoms with Gasteiger partial charge in [-0.05, 0) is 54.6 Å². The van der Waals surface area contributed by atoms with Crippen LogP contribution in [0.4, 0.5) is 11.5 Å². The second-order valence-electron chi connectivity index (χ2n) is 9.98. The fourth-order valence-electron chi connectivity index (χ4n) is 4.20. The number of hydrogen-bond acceptors (Lipinski definition) is 9. The monoisotopic (exact) mass is 585 g/mol. The number of hydrogen-bond donors (Lipinski definition) is 2. The molecule has 12 heteroatoms. The third kappa shape index (κ3) is 7.73. The summed E-state index contributed by atoms with van der Waals surface area (Å²) in [6.45, 7) is 3.93. The molecule has 0 bridgehead atoms. The van der Waals surface area contributed by atoms with Gasteiger partial charge < -0.3 is 25.1 Å². The molecular formula is C31H35N7O5. The van der Waals surface area contributed by atoms with Crippen LogP contribution in [0, 0.1) is 5.92 Å². The molecule has 0 saturated heterocycles. The summed E-state index contributed by atoms with van der Waals surface area (Å²) < 4.78 is 11.8. The second kappa shape index (κ2) is 14.1. The van der Waals surface area contributed by atoms with Gasteiger partial charge in [0.2, 0.25) is 0 Å². The van der Waals surface area contributed by atoms with Crippen molar-refractivity contribution >= 4 is 46.2 Å². The average molecular weight is 586 g/mol. The van der Waals surface area contributed by atoms with E-state index in [0.29, 0.717) is 29.0 Å². The summed E-state index contributed by atoms with van der Waals surface area (Å²) in [6.07, 6.45) is 1.63. The van der Waals surface area contributed by atoms with E-state index in [0.717, 1.165) is 17.0 Å². The highest BCUT2D eigenvalue weighted by atomic mass is 16.5. The van der Waals surface area contributed by atoms with Crippen LogP contribution in [0.5, 0.6) is 0 Å². The molecule has 0 spiro atoms. The first-order chi connectivity index (χ1) is 20.7. The first-order valence-electron chi connectivity index (χ1n) is 13.7. The van der Waals surface area contributed by atoms with E-state index in [9.17, 15) is 14.4 Å². The number of anilines is 2. The summed E-state index contributed by atoms with van der Waals surface area (Å²) >= 11 is 0. The highest BCUT2D eigenvalue weighted by Gasteiger charge is 2.21. The number of benzene rings is 2. The van der Waals surface area contributed by atoms with Crippen molar-refractivity contribution in [3.8, 4) is 0 Å². The number of amides is 1. The zero-order valence-corrected chi connectivity index (χ0v) is 24.6. The molecular weight excluding hydrogens is 550 g/mol. The number of carbonyl (C=O) groups is 3. The Morgan fingerprint density at radius 3 is 2.49 bits per heavy atom. The fraction of sp³-hybridized carbons (Fsp3) is 0.290. The van der Waals surface area contributed by atoms with Gasteiger partial charge in [-0.25, -0.2) is 15.0 Å². The van der Waals surface area contributed by atoms with Gasteiger partial charge in [0.1, 0.15) is 17.5 Å². The molecule has 0 aliphatic carbocycles. The molecule has 3 N–H and O–H groups in total. The number of nitrogens with one attached hydrogen (secondary N) is 1. The van der Waals surface area contributed by atoms with Crippen molar-refractivity contribution in [3.05, 3.63) is 83.8 Å². The molecule has 0 aliphatic rings. The van der Waals surface area contributed by atoms with E-state index in [1.54, 1.807) is 50.4 Å². The summed E-state index contributed by atoms with van der Waals surface area (Å²) in [5.41, 5.74) is 9.54. The Morgan fingerprint density at radius 1 is 1.07 bits per heavy atom. The van der Waals surface area contributed by atoms with Gasteiger partial charge in [-0.2, -0.15) is 0 Å². The van der Waals surface area contributed by atoms with Crippen LogP contribution in [0.2, 0.25) is 0 Å². The normalized spacial score (nSPS) is 11.4. The summed E-state index contributed by atoms with van der Waals surface area (Å²) in [6, 6.07) is 18.0. The molecule has 0 atom stereocenters. The number of ether oxygens (including phenoxy) is 2. The number of aryl methyl sites for hydroxylation is 1. The zero-order chi connectivity index (χ0) is 30.9. The molecule has 12 nitrogen and oxygen atoms in total. The molecule has 43 heavy (non-hydrogen) atoms. The molecule has 1 amide bonds. The van der Waals surface area contributed by atoms with Gasteiger partial charge in [0.05, 0.1) is 37.0 Å². The van der Waals surface area contributed by atoms with Crippen molar-refractivity contribution in [2.75, 3.05) is 30.6 Å². The molecule has 0 fully saturated rings. The maximum Gasteiger partial charge on any atom is 0.310 e. The van der Waals surface area contributed by atoms with Gasteiger partial charge in [-0.3, -0.25) is 19.3 Å². The maximum atomic E-state index is 13.5. The minimum Gasteiger partial charge on any atom is -0.469 e. The molecule has 0 aliphatic heterocycles.